The van der Waals surface area contributed by atoms with Crippen LogP contribution in [0.4, 0.5) is 0 Å². The van der Waals surface area contributed by atoms with Gasteiger partial charge < -0.3 is 0 Å². The fourth-order valence-electron chi connectivity index (χ4n) is 8.70. The molecule has 0 N–H and O–H groups in total. The first-order chi connectivity index (χ1) is 25.5. The van der Waals surface area contributed by atoms with Crippen LogP contribution in [0.2, 0.25) is 0 Å². The van der Waals surface area contributed by atoms with Crippen molar-refractivity contribution in [2.45, 2.75) is 26.2 Å². The van der Waals surface area contributed by atoms with E-state index in [1.807, 2.05) is 13.1 Å². The van der Waals surface area contributed by atoms with E-state index in [9.17, 15) is 0 Å². The highest BCUT2D eigenvalue weighted by Gasteiger charge is 2.52. The summed E-state index contributed by atoms with van der Waals surface area (Å²) in [5.41, 5.74) is 20.9. The average Bonchev–Trinajstić information content (AvgIpc) is 3.66. The summed E-state index contributed by atoms with van der Waals surface area (Å²) in [6, 6.07) is 55.4. The van der Waals surface area contributed by atoms with E-state index in [1.54, 1.807) is 0 Å². The summed E-state index contributed by atoms with van der Waals surface area (Å²) in [5, 5.41) is 0. The highest BCUT2D eigenvalue weighted by atomic mass is 14.9. The second-order valence-corrected chi connectivity index (χ2v) is 14.1. The van der Waals surface area contributed by atoms with Gasteiger partial charge in [-0.25, -0.2) is 9.97 Å². The van der Waals surface area contributed by atoms with E-state index >= 15 is 0 Å². The van der Waals surface area contributed by atoms with Gasteiger partial charge in [-0.3, -0.25) is 4.98 Å². The summed E-state index contributed by atoms with van der Waals surface area (Å²) >= 11 is 0. The zero-order chi connectivity index (χ0) is 35.0. The minimum Gasteiger partial charge on any atom is -0.261 e. The van der Waals surface area contributed by atoms with Crippen molar-refractivity contribution in [2.24, 2.45) is 0 Å². The minimum absolute atomic E-state index is 0.452. The number of aromatic nitrogens is 3. The van der Waals surface area contributed by atoms with Crippen LogP contribution in [0.3, 0.4) is 0 Å². The van der Waals surface area contributed by atoms with Gasteiger partial charge in [0.05, 0.1) is 16.8 Å². The first kappa shape index (κ1) is 30.4. The van der Waals surface area contributed by atoms with Crippen molar-refractivity contribution >= 4 is 0 Å². The molecule has 3 nitrogen and oxygen atoms in total. The lowest BCUT2D eigenvalue weighted by Crippen LogP contribution is -2.25. The van der Waals surface area contributed by atoms with Gasteiger partial charge in [-0.1, -0.05) is 133 Å². The quantitative estimate of drug-likeness (QED) is 0.188. The number of rotatable bonds is 4. The molecule has 2 heterocycles. The molecule has 0 radical (unpaired) electrons. The average molecular weight is 666 g/mol. The first-order valence-electron chi connectivity index (χ1n) is 17.9. The van der Waals surface area contributed by atoms with Crippen LogP contribution in [0.1, 0.15) is 39.3 Å². The molecule has 3 heteroatoms. The third-order valence-corrected chi connectivity index (χ3v) is 11.2. The van der Waals surface area contributed by atoms with Gasteiger partial charge in [-0.15, -0.1) is 0 Å². The Balaban J connectivity index is 1.16. The number of fused-ring (bicyclic) bond motifs is 10. The summed E-state index contributed by atoms with van der Waals surface area (Å²) in [5.74, 6) is 0.753. The van der Waals surface area contributed by atoms with Crippen molar-refractivity contribution in [2.75, 3.05) is 0 Å². The van der Waals surface area contributed by atoms with Crippen molar-refractivity contribution in [3.63, 3.8) is 0 Å². The molecule has 0 saturated heterocycles. The molecule has 246 valence electrons. The summed E-state index contributed by atoms with van der Waals surface area (Å²) in [6.07, 6.45) is 2.00. The van der Waals surface area contributed by atoms with Crippen molar-refractivity contribution in [1.82, 2.24) is 15.0 Å². The van der Waals surface area contributed by atoms with Gasteiger partial charge in [0.15, 0.2) is 0 Å². The molecule has 0 fully saturated rings. The van der Waals surface area contributed by atoms with Crippen molar-refractivity contribution in [3.8, 4) is 67.0 Å². The van der Waals surface area contributed by atoms with E-state index in [4.69, 9.17) is 15.0 Å². The highest BCUT2D eigenvalue weighted by molar-refractivity contribution is 6.00. The van der Waals surface area contributed by atoms with Crippen LogP contribution in [0.25, 0.3) is 67.0 Å². The number of aryl methyl sites for hydroxylation is 3. The SMILES string of the molecule is Cc1nc(-c2ccc(-c3ccccc3)cc2)cc(-c2cccc3c2-c2ccccc2C32c3ccccc3-c3cc(-c4cnc(C)c(C)c4)ccc32)n1. The summed E-state index contributed by atoms with van der Waals surface area (Å²) < 4.78 is 0. The molecule has 0 saturated carbocycles. The molecule has 2 aliphatic rings. The largest absolute Gasteiger partial charge is 0.261 e. The first-order valence-corrected chi connectivity index (χ1v) is 17.9. The highest BCUT2D eigenvalue weighted by Crippen LogP contribution is 2.64. The Morgan fingerprint density at radius 3 is 1.79 bits per heavy atom. The molecule has 1 atom stereocenters. The Bertz CT molecular complexity index is 2710. The van der Waals surface area contributed by atoms with Crippen LogP contribution in [0.5, 0.6) is 0 Å². The molecule has 52 heavy (non-hydrogen) atoms. The van der Waals surface area contributed by atoms with E-state index < -0.39 is 5.41 Å². The lowest BCUT2D eigenvalue weighted by Gasteiger charge is -2.30. The fraction of sp³-hybridized carbons (Fsp3) is 0.0816. The maximum Gasteiger partial charge on any atom is 0.126 e. The molecule has 0 bridgehead atoms. The predicted octanol–water partition coefficient (Wildman–Crippen LogP) is 11.8. The molecular formula is C49H35N3. The van der Waals surface area contributed by atoms with E-state index in [-0.39, 0.29) is 0 Å². The molecule has 2 aliphatic carbocycles. The third-order valence-electron chi connectivity index (χ3n) is 11.2. The number of hydrogen-bond acceptors (Lipinski definition) is 3. The second kappa shape index (κ2) is 11.5. The number of pyridine rings is 1. The maximum absolute atomic E-state index is 5.09. The minimum atomic E-state index is -0.452. The van der Waals surface area contributed by atoms with Crippen LogP contribution in [0.15, 0.2) is 158 Å². The third kappa shape index (κ3) is 4.42. The summed E-state index contributed by atoms with van der Waals surface area (Å²) in [7, 11) is 0. The molecule has 1 spiro atoms. The Morgan fingerprint density at radius 1 is 0.404 bits per heavy atom. The lowest BCUT2D eigenvalue weighted by atomic mass is 9.70. The standard InChI is InChI=1S/C49H35N3/c1-30-26-37(29-50-31(30)2)36-24-25-44-41(27-36)38-14-7-9-17-42(38)49(44)43-18-10-8-15-39(43)48-40(16-11-19-45(48)49)47-28-46(51-32(3)52-47)35-22-20-34(21-23-35)33-12-5-4-6-13-33/h4-29H,1-3H3. The predicted molar refractivity (Wildman–Crippen MR) is 212 cm³/mol. The molecule has 8 aromatic rings. The van der Waals surface area contributed by atoms with Crippen molar-refractivity contribution < 1.29 is 0 Å². The van der Waals surface area contributed by atoms with Crippen LogP contribution in [-0.2, 0) is 5.41 Å². The van der Waals surface area contributed by atoms with Crippen LogP contribution >= 0.6 is 0 Å². The monoisotopic (exact) mass is 665 g/mol. The van der Waals surface area contributed by atoms with Gasteiger partial charge in [0.25, 0.3) is 0 Å². The second-order valence-electron chi connectivity index (χ2n) is 14.1. The van der Waals surface area contributed by atoms with E-state index in [2.05, 4.69) is 166 Å². The number of hydrogen-bond donors (Lipinski definition) is 0. The van der Waals surface area contributed by atoms with Gasteiger partial charge >= 0.3 is 0 Å². The van der Waals surface area contributed by atoms with Crippen molar-refractivity contribution in [1.29, 1.82) is 0 Å². The van der Waals surface area contributed by atoms with Crippen LogP contribution < -0.4 is 0 Å². The molecule has 0 amide bonds. The molecular weight excluding hydrogens is 631 g/mol. The smallest absolute Gasteiger partial charge is 0.126 e. The zero-order valence-electron chi connectivity index (χ0n) is 29.4. The molecule has 1 unspecified atom stereocenters. The molecule has 2 aromatic heterocycles. The van der Waals surface area contributed by atoms with Crippen molar-refractivity contribution in [3.05, 3.63) is 197 Å². The van der Waals surface area contributed by atoms with Gasteiger partial charge in [0.1, 0.15) is 5.82 Å². The molecule has 0 aliphatic heterocycles. The molecule has 6 aromatic carbocycles. The summed E-state index contributed by atoms with van der Waals surface area (Å²) in [4.78, 5) is 14.7. The molecule has 10 rings (SSSR count). The maximum atomic E-state index is 5.09. The van der Waals surface area contributed by atoms with Crippen LogP contribution in [-0.4, -0.2) is 15.0 Å². The van der Waals surface area contributed by atoms with Gasteiger partial charge in [-0.05, 0) is 106 Å². The number of benzene rings is 6. The van der Waals surface area contributed by atoms with Gasteiger partial charge in [-0.2, -0.15) is 0 Å². The van der Waals surface area contributed by atoms with E-state index in [0.29, 0.717) is 0 Å². The topological polar surface area (TPSA) is 38.7 Å². The van der Waals surface area contributed by atoms with Gasteiger partial charge in [0.2, 0.25) is 0 Å². The Labute approximate surface area is 304 Å². The van der Waals surface area contributed by atoms with Crippen LogP contribution in [0, 0.1) is 20.8 Å². The van der Waals surface area contributed by atoms with Gasteiger partial charge in [0, 0.05) is 28.6 Å². The fourth-order valence-corrected chi connectivity index (χ4v) is 8.70. The number of nitrogens with zero attached hydrogens (tertiary/aromatic N) is 3. The van der Waals surface area contributed by atoms with E-state index in [1.165, 1.54) is 66.8 Å². The normalized spacial score (nSPS) is 14.9. The zero-order valence-corrected chi connectivity index (χ0v) is 29.4. The summed E-state index contributed by atoms with van der Waals surface area (Å²) in [6.45, 7) is 6.20. The Kier molecular flexibility index (Phi) is 6.74. The Hall–Kier alpha value is -6.45. The lowest BCUT2D eigenvalue weighted by molar-refractivity contribution is 0.794. The van der Waals surface area contributed by atoms with E-state index in [0.717, 1.165) is 39.6 Å². The Morgan fingerprint density at radius 2 is 1.00 bits per heavy atom.